The second-order valence-electron chi connectivity index (χ2n) is 14.7. The van der Waals surface area contributed by atoms with Gasteiger partial charge in [0.15, 0.2) is 0 Å². The predicted octanol–water partition coefficient (Wildman–Crippen LogP) is 4.35. The Morgan fingerprint density at radius 2 is 1.55 bits per heavy atom. The number of likely N-dealkylation sites (tertiary alicyclic amines) is 1. The van der Waals surface area contributed by atoms with Gasteiger partial charge in [0.05, 0.1) is 12.6 Å². The summed E-state index contributed by atoms with van der Waals surface area (Å²) in [6, 6.07) is -3.66. The molecular weight excluding hydrogens is 626 g/mol. The van der Waals surface area contributed by atoms with Crippen molar-refractivity contribution in [2.24, 2.45) is 23.2 Å². The molecule has 0 bridgehead atoms. The van der Waals surface area contributed by atoms with Gasteiger partial charge in [-0.05, 0) is 48.9 Å². The summed E-state index contributed by atoms with van der Waals surface area (Å²) in [5, 5.41) is 10.3. The van der Waals surface area contributed by atoms with Crippen molar-refractivity contribution in [2.45, 2.75) is 139 Å². The van der Waals surface area contributed by atoms with Crippen LogP contribution in [0.25, 0.3) is 0 Å². The van der Waals surface area contributed by atoms with E-state index in [2.05, 4.69) is 61.8 Å². The van der Waals surface area contributed by atoms with E-state index in [9.17, 15) is 28.8 Å². The lowest BCUT2D eigenvalue weighted by molar-refractivity contribution is -0.144. The van der Waals surface area contributed by atoms with Crippen molar-refractivity contribution < 1.29 is 33.5 Å². The Morgan fingerprint density at radius 3 is 2.06 bits per heavy atom. The molecule has 12 nitrogen and oxygen atoms in total. The first-order valence-electron chi connectivity index (χ1n) is 18.0. The Bertz CT molecular complexity index is 1100. The summed E-state index contributed by atoms with van der Waals surface area (Å²) in [6.07, 6.45) is 11.0. The van der Waals surface area contributed by atoms with E-state index in [0.717, 1.165) is 25.2 Å². The third-order valence-electron chi connectivity index (χ3n) is 7.47. The Balaban J connectivity index is 0.00000300. The van der Waals surface area contributed by atoms with Crippen LogP contribution in [0, 0.1) is 35.5 Å². The van der Waals surface area contributed by atoms with Crippen molar-refractivity contribution in [2.75, 3.05) is 26.2 Å². The van der Waals surface area contributed by atoms with Gasteiger partial charge in [-0.3, -0.25) is 24.0 Å². The molecule has 280 valence electrons. The minimum Gasteiger partial charge on any atom is -0.464 e. The molecule has 12 heteroatoms. The molecule has 2 fully saturated rings. The number of esters is 1. The van der Waals surface area contributed by atoms with Crippen molar-refractivity contribution in [1.29, 1.82) is 0 Å². The number of terminal acetylenes is 1. The van der Waals surface area contributed by atoms with Gasteiger partial charge in [-0.1, -0.05) is 88.5 Å². The van der Waals surface area contributed by atoms with Crippen molar-refractivity contribution >= 4 is 35.5 Å². The first-order chi connectivity index (χ1) is 22.9. The zero-order valence-electron chi connectivity index (χ0n) is 31.8. The first-order valence-corrected chi connectivity index (χ1v) is 18.0. The third kappa shape index (κ3) is 18.6. The molecule has 1 saturated heterocycles. The van der Waals surface area contributed by atoms with Gasteiger partial charge in [-0.15, -0.1) is 12.3 Å². The van der Waals surface area contributed by atoms with Crippen molar-refractivity contribution in [3.05, 3.63) is 0 Å². The molecule has 4 atom stereocenters. The van der Waals surface area contributed by atoms with Crippen molar-refractivity contribution in [3.63, 3.8) is 0 Å². The lowest BCUT2D eigenvalue weighted by Gasteiger charge is -2.36. The molecule has 1 aliphatic heterocycles. The molecule has 4 N–H and O–H groups in total. The fraction of sp³-hybridized carbons (Fsp3) is 0.784. The van der Waals surface area contributed by atoms with Crippen LogP contribution in [0.2, 0.25) is 0 Å². The summed E-state index contributed by atoms with van der Waals surface area (Å²) in [4.78, 5) is 78.7. The molecule has 5 amide bonds. The number of carbonyl (C=O) groups is 6. The Kier molecular flexibility index (Phi) is 21.9. The van der Waals surface area contributed by atoms with Gasteiger partial charge in [-0.2, -0.15) is 0 Å². The highest BCUT2D eigenvalue weighted by molar-refractivity contribution is 6.38. The molecule has 0 aromatic rings. The lowest BCUT2D eigenvalue weighted by atomic mass is 9.85. The summed E-state index contributed by atoms with van der Waals surface area (Å²) in [7, 11) is 0. The zero-order valence-corrected chi connectivity index (χ0v) is 31.8. The molecule has 49 heavy (non-hydrogen) atoms. The number of hydrogen-bond donors (Lipinski definition) is 4. The molecule has 1 aliphatic carbocycles. The standard InChI is InChI=1S/C30H47N5O7.C4H10.C3H8/c1-7-9-11-21(24(37)27(39)31-15-10-8-2)33-26(38)23-19(3)14-16-35(23)28(40)25(30(4,5)6)34-29(41)32-17-22(36)42-18-20-12-13-20;1-4(2)3;1-3-2/h2,19-21,23,25H,7,9-18H2,1,3-6H3,(H,31,39)(H,33,38)(H2,32,34,41);4H,1-3H3;3H2,1-2H3. The van der Waals surface area contributed by atoms with E-state index in [0.29, 0.717) is 25.4 Å². The second kappa shape index (κ2) is 23.7. The Labute approximate surface area is 295 Å². The van der Waals surface area contributed by atoms with Gasteiger partial charge in [0.1, 0.15) is 18.6 Å². The van der Waals surface area contributed by atoms with Crippen molar-refractivity contribution in [3.8, 4) is 12.3 Å². The van der Waals surface area contributed by atoms with Gasteiger partial charge in [-0.25, -0.2) is 4.79 Å². The summed E-state index contributed by atoms with van der Waals surface area (Å²) in [5.74, 6) is 0.258. The molecular formula is C37H65N5O7. The average molecular weight is 692 g/mol. The molecule has 2 rings (SSSR count). The highest BCUT2D eigenvalue weighted by atomic mass is 16.5. The monoisotopic (exact) mass is 691 g/mol. The number of hydrogen-bond acceptors (Lipinski definition) is 7. The van der Waals surface area contributed by atoms with Gasteiger partial charge >= 0.3 is 12.0 Å². The Morgan fingerprint density at radius 1 is 0.959 bits per heavy atom. The van der Waals surface area contributed by atoms with Gasteiger partial charge in [0.25, 0.3) is 5.91 Å². The van der Waals surface area contributed by atoms with Crippen LogP contribution in [-0.4, -0.2) is 84.8 Å². The van der Waals surface area contributed by atoms with Crippen LogP contribution in [0.1, 0.15) is 121 Å². The topological polar surface area (TPSA) is 163 Å². The Hall–Kier alpha value is -3.62. The second-order valence-corrected chi connectivity index (χ2v) is 14.7. The normalized spacial score (nSPS) is 17.9. The maximum Gasteiger partial charge on any atom is 0.325 e. The van der Waals surface area contributed by atoms with E-state index >= 15 is 0 Å². The number of ether oxygens (including phenoxy) is 1. The number of amides is 5. The number of ketones is 1. The fourth-order valence-corrected chi connectivity index (χ4v) is 4.72. The van der Waals surface area contributed by atoms with Crippen LogP contribution < -0.4 is 21.3 Å². The first kappa shape index (κ1) is 45.4. The van der Waals surface area contributed by atoms with Gasteiger partial charge < -0.3 is 30.9 Å². The third-order valence-corrected chi connectivity index (χ3v) is 7.47. The zero-order chi connectivity index (χ0) is 37.7. The quantitative estimate of drug-likeness (QED) is 0.0859. The van der Waals surface area contributed by atoms with Crippen LogP contribution in [-0.2, 0) is 28.7 Å². The van der Waals surface area contributed by atoms with Crippen LogP contribution >= 0.6 is 0 Å². The van der Waals surface area contributed by atoms with Gasteiger partial charge in [0, 0.05) is 19.5 Å². The summed E-state index contributed by atoms with van der Waals surface area (Å²) >= 11 is 0. The van der Waals surface area contributed by atoms with Crippen LogP contribution in [0.5, 0.6) is 0 Å². The maximum absolute atomic E-state index is 13.8. The summed E-state index contributed by atoms with van der Waals surface area (Å²) < 4.78 is 5.12. The van der Waals surface area contributed by atoms with Gasteiger partial charge in [0.2, 0.25) is 17.6 Å². The highest BCUT2D eigenvalue weighted by Gasteiger charge is 2.45. The largest absolute Gasteiger partial charge is 0.464 e. The highest BCUT2D eigenvalue weighted by Crippen LogP contribution is 2.30. The van der Waals surface area contributed by atoms with Crippen LogP contribution in [0.15, 0.2) is 0 Å². The number of nitrogens with zero attached hydrogens (tertiary/aromatic N) is 1. The van der Waals surface area contributed by atoms with E-state index in [1.165, 1.54) is 11.3 Å². The molecule has 2 aliphatic rings. The number of urea groups is 1. The van der Waals surface area contributed by atoms with E-state index in [1.54, 1.807) is 20.8 Å². The SMILES string of the molecule is C#CCCNC(=O)C(=O)C(CCCC)NC(=O)C1C(C)CCN1C(=O)C(NC(=O)NCC(=O)OCC1CC1)C(C)(C)C.CC(C)C.CCC. The smallest absolute Gasteiger partial charge is 0.325 e. The fourth-order valence-electron chi connectivity index (χ4n) is 4.72. The average Bonchev–Trinajstić information content (AvgIpc) is 3.77. The lowest BCUT2D eigenvalue weighted by Crippen LogP contribution is -2.60. The van der Waals surface area contributed by atoms with Crippen LogP contribution in [0.3, 0.4) is 0 Å². The minimum absolute atomic E-state index is 0.147. The number of carbonyl (C=O) groups excluding carboxylic acids is 6. The maximum atomic E-state index is 13.8. The molecule has 4 unspecified atom stereocenters. The molecule has 1 heterocycles. The van der Waals surface area contributed by atoms with E-state index < -0.39 is 59.0 Å². The van der Waals surface area contributed by atoms with E-state index in [4.69, 9.17) is 11.2 Å². The van der Waals surface area contributed by atoms with Crippen molar-refractivity contribution in [1.82, 2.24) is 26.2 Å². The van der Waals surface area contributed by atoms with E-state index in [1.807, 2.05) is 13.8 Å². The number of nitrogens with one attached hydrogen (secondary N) is 4. The molecule has 0 aromatic heterocycles. The van der Waals surface area contributed by atoms with E-state index in [-0.39, 0.29) is 38.4 Å². The molecule has 0 spiro atoms. The number of Topliss-reactive ketones (excluding diaryl/α,β-unsaturated/α-hetero) is 1. The molecule has 1 saturated carbocycles. The predicted molar refractivity (Wildman–Crippen MR) is 192 cm³/mol. The summed E-state index contributed by atoms with van der Waals surface area (Å²) in [6.45, 7) is 20.3. The molecule has 0 aromatic carbocycles. The minimum atomic E-state index is -1.05. The number of unbranched alkanes of at least 4 members (excludes halogenated alkanes) is 1. The number of rotatable bonds is 15. The molecule has 0 radical (unpaired) electrons. The summed E-state index contributed by atoms with van der Waals surface area (Å²) in [5.41, 5.74) is -0.732. The van der Waals surface area contributed by atoms with Crippen LogP contribution in [0.4, 0.5) is 4.79 Å².